The standard InChI is InChI=1S/C32H52N4O4/c1-21(2)28(18-24(7)30(38)33-26(20-37)19-25-14-10-9-11-15-25)35(8)32(40)29(22(3)4)34-31(39)27-16-12-13-17-36(27)23(5)6/h9-11,14-15,18,21-23,26-29,37H,12-13,16-17,19-20H2,1-8H3,(H,33,38)(H,34,39)/t26-,27-,28-,29+/m1/s1. The van der Waals surface area contributed by atoms with Crippen molar-refractivity contribution in [2.24, 2.45) is 11.8 Å². The third-order valence-corrected chi connectivity index (χ3v) is 7.88. The highest BCUT2D eigenvalue weighted by molar-refractivity contribution is 5.93. The van der Waals surface area contributed by atoms with Crippen LogP contribution >= 0.6 is 0 Å². The lowest BCUT2D eigenvalue weighted by Gasteiger charge is -2.39. The van der Waals surface area contributed by atoms with E-state index >= 15 is 0 Å². The Morgan fingerprint density at radius 1 is 1.02 bits per heavy atom. The van der Waals surface area contributed by atoms with Crippen molar-refractivity contribution in [3.63, 3.8) is 0 Å². The molecule has 0 saturated carbocycles. The number of nitrogens with zero attached hydrogens (tertiary/aromatic N) is 2. The minimum Gasteiger partial charge on any atom is -0.394 e. The number of aliphatic hydroxyl groups excluding tert-OH is 1. The van der Waals surface area contributed by atoms with Crippen molar-refractivity contribution in [2.45, 2.75) is 104 Å². The monoisotopic (exact) mass is 556 g/mol. The molecule has 0 radical (unpaired) electrons. The van der Waals surface area contributed by atoms with Gasteiger partial charge in [-0.1, -0.05) is 70.5 Å². The van der Waals surface area contributed by atoms with Gasteiger partial charge in [0.15, 0.2) is 0 Å². The molecule has 0 aliphatic carbocycles. The number of likely N-dealkylation sites (tertiary alicyclic amines) is 1. The first kappa shape index (κ1) is 33.5. The van der Waals surface area contributed by atoms with Gasteiger partial charge in [-0.25, -0.2) is 0 Å². The second kappa shape index (κ2) is 15.9. The van der Waals surface area contributed by atoms with E-state index in [1.807, 2.05) is 64.1 Å². The van der Waals surface area contributed by atoms with Crippen LogP contribution in [0, 0.1) is 11.8 Å². The maximum absolute atomic E-state index is 13.8. The normalized spacial score (nSPS) is 18.9. The quantitative estimate of drug-likeness (QED) is 0.323. The lowest BCUT2D eigenvalue weighted by molar-refractivity contribution is -0.140. The van der Waals surface area contributed by atoms with Crippen molar-refractivity contribution < 1.29 is 19.5 Å². The number of aliphatic hydroxyl groups is 1. The molecule has 3 amide bonds. The average molecular weight is 557 g/mol. The predicted octanol–water partition coefficient (Wildman–Crippen LogP) is 3.54. The molecule has 1 aliphatic rings. The molecular formula is C32H52N4O4. The van der Waals surface area contributed by atoms with Crippen molar-refractivity contribution in [3.05, 3.63) is 47.5 Å². The largest absolute Gasteiger partial charge is 0.394 e. The Morgan fingerprint density at radius 3 is 2.23 bits per heavy atom. The van der Waals surface area contributed by atoms with E-state index in [0.29, 0.717) is 12.0 Å². The Kier molecular flexibility index (Phi) is 13.3. The van der Waals surface area contributed by atoms with Gasteiger partial charge in [-0.15, -0.1) is 0 Å². The molecule has 1 saturated heterocycles. The molecule has 1 fully saturated rings. The lowest BCUT2D eigenvalue weighted by Crippen LogP contribution is -2.58. The second-order valence-corrected chi connectivity index (χ2v) is 12.1. The van der Waals surface area contributed by atoms with Crippen LogP contribution in [0.5, 0.6) is 0 Å². The van der Waals surface area contributed by atoms with Crippen molar-refractivity contribution in [2.75, 3.05) is 20.2 Å². The van der Waals surface area contributed by atoms with Crippen molar-refractivity contribution in [3.8, 4) is 0 Å². The minimum atomic E-state index is -0.665. The molecule has 40 heavy (non-hydrogen) atoms. The van der Waals surface area contributed by atoms with Crippen LogP contribution in [0.2, 0.25) is 0 Å². The smallest absolute Gasteiger partial charge is 0.246 e. The van der Waals surface area contributed by atoms with E-state index in [-0.39, 0.29) is 54.3 Å². The van der Waals surface area contributed by atoms with E-state index in [4.69, 9.17) is 0 Å². The molecule has 3 N–H and O–H groups in total. The van der Waals surface area contributed by atoms with Crippen molar-refractivity contribution >= 4 is 17.7 Å². The number of carbonyl (C=O) groups is 3. The molecule has 0 bridgehead atoms. The van der Waals surface area contributed by atoms with Crippen LogP contribution < -0.4 is 10.6 Å². The molecule has 2 rings (SSSR count). The van der Waals surface area contributed by atoms with Crippen molar-refractivity contribution in [1.82, 2.24) is 20.4 Å². The van der Waals surface area contributed by atoms with Gasteiger partial charge in [0.1, 0.15) is 6.04 Å². The Hall–Kier alpha value is -2.71. The van der Waals surface area contributed by atoms with Gasteiger partial charge in [0.2, 0.25) is 17.7 Å². The molecular weight excluding hydrogens is 504 g/mol. The first-order chi connectivity index (χ1) is 18.9. The van der Waals surface area contributed by atoms with Crippen LogP contribution in [0.3, 0.4) is 0 Å². The number of likely N-dealkylation sites (N-methyl/N-ethyl adjacent to an activating group) is 1. The zero-order valence-corrected chi connectivity index (χ0v) is 25.8. The first-order valence-electron chi connectivity index (χ1n) is 14.8. The molecule has 1 aliphatic heterocycles. The predicted molar refractivity (Wildman–Crippen MR) is 161 cm³/mol. The number of nitrogens with one attached hydrogen (secondary N) is 2. The highest BCUT2D eigenvalue weighted by atomic mass is 16.3. The highest BCUT2D eigenvalue weighted by Gasteiger charge is 2.36. The minimum absolute atomic E-state index is 0.0351. The van der Waals surface area contributed by atoms with E-state index in [0.717, 1.165) is 31.4 Å². The third kappa shape index (κ3) is 9.44. The number of rotatable bonds is 13. The Balaban J connectivity index is 2.15. The first-order valence-corrected chi connectivity index (χ1v) is 14.8. The fraction of sp³-hybridized carbons (Fsp3) is 0.656. The fourth-order valence-corrected chi connectivity index (χ4v) is 5.43. The summed E-state index contributed by atoms with van der Waals surface area (Å²) in [6, 6.07) is 8.32. The van der Waals surface area contributed by atoms with Gasteiger partial charge in [-0.3, -0.25) is 19.3 Å². The molecule has 0 unspecified atom stereocenters. The van der Waals surface area contributed by atoms with Gasteiger partial charge in [0, 0.05) is 18.7 Å². The molecule has 1 heterocycles. The van der Waals surface area contributed by atoms with Gasteiger partial charge < -0.3 is 20.6 Å². The van der Waals surface area contributed by atoms with Gasteiger partial charge in [0.05, 0.1) is 24.7 Å². The van der Waals surface area contributed by atoms with E-state index in [9.17, 15) is 19.5 Å². The summed E-state index contributed by atoms with van der Waals surface area (Å²) >= 11 is 0. The van der Waals surface area contributed by atoms with Crippen LogP contribution in [0.15, 0.2) is 42.0 Å². The maximum atomic E-state index is 13.8. The summed E-state index contributed by atoms with van der Waals surface area (Å²) < 4.78 is 0. The van der Waals surface area contributed by atoms with Gasteiger partial charge in [-0.2, -0.15) is 0 Å². The molecule has 4 atom stereocenters. The van der Waals surface area contributed by atoms with Crippen LogP contribution in [0.25, 0.3) is 0 Å². The summed E-state index contributed by atoms with van der Waals surface area (Å²) in [6.07, 6.45) is 5.22. The molecule has 8 heteroatoms. The van der Waals surface area contributed by atoms with E-state index in [1.165, 1.54) is 0 Å². The van der Waals surface area contributed by atoms with Gasteiger partial charge in [0.25, 0.3) is 0 Å². The molecule has 0 aromatic heterocycles. The summed E-state index contributed by atoms with van der Waals surface area (Å²) in [7, 11) is 1.74. The Morgan fingerprint density at radius 2 is 1.68 bits per heavy atom. The number of benzene rings is 1. The van der Waals surface area contributed by atoms with E-state index in [2.05, 4.69) is 29.4 Å². The van der Waals surface area contributed by atoms with Crippen molar-refractivity contribution in [1.29, 1.82) is 0 Å². The molecule has 1 aromatic carbocycles. The van der Waals surface area contributed by atoms with Gasteiger partial charge in [-0.05, 0) is 64.0 Å². The highest BCUT2D eigenvalue weighted by Crippen LogP contribution is 2.21. The van der Waals surface area contributed by atoms with E-state index in [1.54, 1.807) is 18.9 Å². The summed E-state index contributed by atoms with van der Waals surface area (Å²) in [5.74, 6) is -0.598. The zero-order valence-electron chi connectivity index (χ0n) is 25.8. The number of piperidine rings is 1. The van der Waals surface area contributed by atoms with Crippen LogP contribution in [-0.2, 0) is 20.8 Å². The fourth-order valence-electron chi connectivity index (χ4n) is 5.43. The topological polar surface area (TPSA) is 102 Å². The van der Waals surface area contributed by atoms with E-state index < -0.39 is 12.1 Å². The summed E-state index contributed by atoms with van der Waals surface area (Å²) in [5, 5.41) is 15.9. The number of amides is 3. The summed E-state index contributed by atoms with van der Waals surface area (Å²) in [4.78, 5) is 44.1. The number of hydrogen-bond donors (Lipinski definition) is 3. The van der Waals surface area contributed by atoms with Gasteiger partial charge >= 0.3 is 0 Å². The molecule has 8 nitrogen and oxygen atoms in total. The SMILES string of the molecule is CC(=C[C@H](C(C)C)N(C)C(=O)[C@@H](NC(=O)[C@H]1CCCCN1C(C)C)C(C)C)C(=O)N[C@@H](CO)Cc1ccccc1. The van der Waals surface area contributed by atoms with Crippen LogP contribution in [-0.4, -0.2) is 83.0 Å². The van der Waals surface area contributed by atoms with Crippen LogP contribution in [0.4, 0.5) is 0 Å². The molecule has 0 spiro atoms. The summed E-state index contributed by atoms with van der Waals surface area (Å²) in [6.45, 7) is 14.5. The number of carbonyl (C=O) groups excluding carboxylic acids is 3. The maximum Gasteiger partial charge on any atom is 0.246 e. The third-order valence-electron chi connectivity index (χ3n) is 7.88. The van der Waals surface area contributed by atoms with Crippen LogP contribution in [0.1, 0.15) is 73.3 Å². The number of hydrogen-bond acceptors (Lipinski definition) is 5. The molecule has 1 aromatic rings. The summed E-state index contributed by atoms with van der Waals surface area (Å²) in [5.41, 5.74) is 1.50. The molecule has 224 valence electrons. The average Bonchev–Trinajstić information content (AvgIpc) is 2.93. The Bertz CT molecular complexity index is 992. The zero-order chi connectivity index (χ0) is 30.0. The Labute approximate surface area is 241 Å². The second-order valence-electron chi connectivity index (χ2n) is 12.1. The lowest BCUT2D eigenvalue weighted by atomic mass is 9.95.